The van der Waals surface area contributed by atoms with E-state index in [1.807, 2.05) is 7.05 Å². The van der Waals surface area contributed by atoms with Crippen molar-refractivity contribution >= 4 is 51.8 Å². The smallest absolute Gasteiger partial charge is 0.232 e. The van der Waals surface area contributed by atoms with Gasteiger partial charge in [-0.05, 0) is 28.8 Å². The van der Waals surface area contributed by atoms with Crippen LogP contribution in [0.25, 0.3) is 0 Å². The lowest BCUT2D eigenvalue weighted by atomic mass is 10.3. The van der Waals surface area contributed by atoms with E-state index in [-0.39, 0.29) is 24.0 Å². The molecule has 0 radical (unpaired) electrons. The quantitative estimate of drug-likeness (QED) is 0.212. The van der Waals surface area contributed by atoms with E-state index in [2.05, 4.69) is 52.9 Å². The van der Waals surface area contributed by atoms with Gasteiger partial charge < -0.3 is 24.6 Å². The highest BCUT2D eigenvalue weighted by Crippen LogP contribution is 2.23. The van der Waals surface area contributed by atoms with Gasteiger partial charge in [0.1, 0.15) is 0 Å². The predicted molar refractivity (Wildman–Crippen MR) is 127 cm³/mol. The molecule has 28 heavy (non-hydrogen) atoms. The summed E-state index contributed by atoms with van der Waals surface area (Å²) in [7, 11) is 3.44. The van der Waals surface area contributed by atoms with Crippen LogP contribution in [0.3, 0.4) is 0 Å². The van der Waals surface area contributed by atoms with Gasteiger partial charge in [-0.3, -0.25) is 4.99 Å². The average Bonchev–Trinajstić information content (AvgIpc) is 2.71. The van der Waals surface area contributed by atoms with E-state index < -0.39 is 0 Å². The van der Waals surface area contributed by atoms with Crippen molar-refractivity contribution in [1.29, 1.82) is 0 Å². The number of nitrogens with one attached hydrogen (secondary N) is 1. The van der Waals surface area contributed by atoms with Crippen LogP contribution in [0.5, 0.6) is 5.88 Å². The highest BCUT2D eigenvalue weighted by molar-refractivity contribution is 14.0. The maximum Gasteiger partial charge on any atom is 0.232 e. The van der Waals surface area contributed by atoms with E-state index in [4.69, 9.17) is 9.47 Å². The van der Waals surface area contributed by atoms with Crippen molar-refractivity contribution in [2.75, 3.05) is 65.0 Å². The van der Waals surface area contributed by atoms with Gasteiger partial charge in [-0.25, -0.2) is 4.98 Å². The van der Waals surface area contributed by atoms with E-state index in [0.717, 1.165) is 69.2 Å². The maximum absolute atomic E-state index is 5.60. The van der Waals surface area contributed by atoms with Gasteiger partial charge in [0.2, 0.25) is 11.8 Å². The number of unbranched alkanes of at least 4 members (excludes halogenated alkanes) is 1. The van der Waals surface area contributed by atoms with Gasteiger partial charge >= 0.3 is 0 Å². The number of halogens is 2. The van der Waals surface area contributed by atoms with Gasteiger partial charge in [0, 0.05) is 53.0 Å². The minimum atomic E-state index is 0. The summed E-state index contributed by atoms with van der Waals surface area (Å²) in [6.45, 7) is 8.11. The summed E-state index contributed by atoms with van der Waals surface area (Å²) in [5, 5.41) is 3.43. The molecule has 1 fully saturated rings. The van der Waals surface area contributed by atoms with Crippen LogP contribution >= 0.6 is 39.9 Å². The summed E-state index contributed by atoms with van der Waals surface area (Å²) < 4.78 is 11.6. The van der Waals surface area contributed by atoms with Crippen LogP contribution in [0.2, 0.25) is 0 Å². The zero-order chi connectivity index (χ0) is 19.5. The summed E-state index contributed by atoms with van der Waals surface area (Å²) >= 11 is 3.39. The van der Waals surface area contributed by atoms with Gasteiger partial charge in [-0.2, -0.15) is 4.98 Å². The monoisotopic (exact) mass is 570 g/mol. The van der Waals surface area contributed by atoms with Crippen LogP contribution in [0.15, 0.2) is 15.7 Å². The van der Waals surface area contributed by atoms with Crippen molar-refractivity contribution in [3.8, 4) is 5.88 Å². The van der Waals surface area contributed by atoms with Crippen molar-refractivity contribution in [2.45, 2.75) is 26.2 Å². The second kappa shape index (κ2) is 14.2. The fourth-order valence-corrected chi connectivity index (χ4v) is 3.16. The molecule has 0 unspecified atom stereocenters. The van der Waals surface area contributed by atoms with E-state index in [1.165, 1.54) is 6.42 Å². The lowest BCUT2D eigenvalue weighted by Gasteiger charge is -2.36. The average molecular weight is 571 g/mol. The molecule has 0 spiro atoms. The van der Waals surface area contributed by atoms with Gasteiger partial charge in [0.05, 0.1) is 17.8 Å². The Labute approximate surface area is 193 Å². The predicted octanol–water partition coefficient (Wildman–Crippen LogP) is 2.77. The number of piperazine rings is 1. The van der Waals surface area contributed by atoms with Gasteiger partial charge in [-0.1, -0.05) is 13.3 Å². The number of anilines is 1. The minimum absolute atomic E-state index is 0. The van der Waals surface area contributed by atoms with E-state index >= 15 is 0 Å². The molecule has 1 aliphatic rings. The van der Waals surface area contributed by atoms with Gasteiger partial charge in [0.15, 0.2) is 5.96 Å². The number of rotatable bonds is 9. The third-order valence-electron chi connectivity index (χ3n) is 4.36. The number of nitrogens with zero attached hydrogens (tertiary/aromatic N) is 5. The lowest BCUT2D eigenvalue weighted by molar-refractivity contribution is 0.129. The van der Waals surface area contributed by atoms with Crippen molar-refractivity contribution in [1.82, 2.24) is 20.2 Å². The Morgan fingerprint density at radius 2 is 1.96 bits per heavy atom. The first-order chi connectivity index (χ1) is 13.2. The Kier molecular flexibility index (Phi) is 12.7. The summed E-state index contributed by atoms with van der Waals surface area (Å²) in [5.41, 5.74) is 0. The van der Waals surface area contributed by atoms with Crippen LogP contribution in [-0.4, -0.2) is 80.9 Å². The molecular formula is C18H32BrIN6O2. The number of aliphatic imine (C=N–C) groups is 1. The Balaban J connectivity index is 0.00000392. The Morgan fingerprint density at radius 3 is 2.61 bits per heavy atom. The molecule has 0 saturated carbocycles. The van der Waals surface area contributed by atoms with Crippen LogP contribution in [-0.2, 0) is 4.74 Å². The first kappa shape index (κ1) is 25.2. The third-order valence-corrected chi connectivity index (χ3v) is 4.90. The number of aromatic nitrogens is 2. The molecule has 2 rings (SSSR count). The van der Waals surface area contributed by atoms with Crippen LogP contribution in [0, 0.1) is 0 Å². The van der Waals surface area contributed by atoms with Crippen molar-refractivity contribution < 1.29 is 9.47 Å². The van der Waals surface area contributed by atoms with E-state index in [0.29, 0.717) is 11.8 Å². The van der Waals surface area contributed by atoms with E-state index in [9.17, 15) is 0 Å². The molecule has 0 bridgehead atoms. The normalized spacial score (nSPS) is 14.6. The minimum Gasteiger partial charge on any atom is -0.480 e. The molecule has 8 nitrogen and oxygen atoms in total. The first-order valence-corrected chi connectivity index (χ1v) is 10.3. The summed E-state index contributed by atoms with van der Waals surface area (Å²) in [6.07, 6.45) is 5.02. The van der Waals surface area contributed by atoms with Crippen molar-refractivity contribution in [2.24, 2.45) is 4.99 Å². The topological polar surface area (TPSA) is 75.1 Å². The lowest BCUT2D eigenvalue weighted by Crippen LogP contribution is -2.53. The fourth-order valence-electron chi connectivity index (χ4n) is 2.81. The fraction of sp³-hybridized carbons (Fsp3) is 0.722. The second-order valence-corrected chi connectivity index (χ2v) is 7.15. The highest BCUT2D eigenvalue weighted by atomic mass is 127. The standard InChI is InChI=1S/C18H31BrN6O2.HI/c1-4-5-12-27-13-6-7-21-17(20-2)24-8-10-25(11-9-24)18-22-14-15(19)16(23-18)26-3;/h14H,4-13H2,1-3H3,(H,20,21);1H. The van der Waals surface area contributed by atoms with Crippen LogP contribution in [0.1, 0.15) is 26.2 Å². The molecule has 1 aromatic rings. The third kappa shape index (κ3) is 7.86. The molecule has 1 aromatic heterocycles. The molecule has 0 atom stereocenters. The number of guanidine groups is 1. The molecule has 0 aliphatic carbocycles. The molecule has 0 aromatic carbocycles. The molecule has 10 heteroatoms. The number of hydrogen-bond donors (Lipinski definition) is 1. The summed E-state index contributed by atoms with van der Waals surface area (Å²) in [6, 6.07) is 0. The Hall–Kier alpha value is -0.880. The molecule has 1 aliphatic heterocycles. The van der Waals surface area contributed by atoms with Crippen LogP contribution < -0.4 is 15.0 Å². The molecular weight excluding hydrogens is 539 g/mol. The van der Waals surface area contributed by atoms with E-state index in [1.54, 1.807) is 13.3 Å². The zero-order valence-corrected chi connectivity index (χ0v) is 20.9. The van der Waals surface area contributed by atoms with Crippen molar-refractivity contribution in [3.63, 3.8) is 0 Å². The Morgan fingerprint density at radius 1 is 1.25 bits per heavy atom. The summed E-state index contributed by atoms with van der Waals surface area (Å²) in [5.74, 6) is 2.19. The van der Waals surface area contributed by atoms with Gasteiger partial charge in [0.25, 0.3) is 0 Å². The largest absolute Gasteiger partial charge is 0.480 e. The van der Waals surface area contributed by atoms with Crippen LogP contribution in [0.4, 0.5) is 5.95 Å². The zero-order valence-electron chi connectivity index (χ0n) is 17.0. The number of methoxy groups -OCH3 is 1. The first-order valence-electron chi connectivity index (χ1n) is 9.54. The van der Waals surface area contributed by atoms with Gasteiger partial charge in [-0.15, -0.1) is 24.0 Å². The number of ether oxygens (including phenoxy) is 2. The van der Waals surface area contributed by atoms with Crippen molar-refractivity contribution in [3.05, 3.63) is 10.7 Å². The molecule has 2 heterocycles. The molecule has 1 N–H and O–H groups in total. The maximum atomic E-state index is 5.60. The molecule has 1 saturated heterocycles. The Bertz CT molecular complexity index is 599. The summed E-state index contributed by atoms with van der Waals surface area (Å²) in [4.78, 5) is 17.7. The molecule has 0 amide bonds. The highest BCUT2D eigenvalue weighted by Gasteiger charge is 2.22. The number of hydrogen-bond acceptors (Lipinski definition) is 6. The SMILES string of the molecule is CCCCOCCCNC(=NC)N1CCN(c2ncc(Br)c(OC)n2)CC1.I. The molecule has 160 valence electrons. The second-order valence-electron chi connectivity index (χ2n) is 6.29.